The van der Waals surface area contributed by atoms with Gasteiger partial charge in [0, 0.05) is 42.3 Å². The van der Waals surface area contributed by atoms with E-state index >= 15 is 0 Å². The number of anilines is 1. The predicted molar refractivity (Wildman–Crippen MR) is 90.1 cm³/mol. The van der Waals surface area contributed by atoms with Gasteiger partial charge in [-0.15, -0.1) is 11.3 Å². The maximum Gasteiger partial charge on any atom is 0.185 e. The van der Waals surface area contributed by atoms with E-state index in [-0.39, 0.29) is 5.54 Å². The minimum atomic E-state index is 0.165. The number of aromatic nitrogens is 1. The number of nitrogens with zero attached hydrogens (tertiary/aromatic N) is 3. The van der Waals surface area contributed by atoms with Crippen LogP contribution >= 0.6 is 11.3 Å². The van der Waals surface area contributed by atoms with Crippen molar-refractivity contribution in [3.63, 3.8) is 0 Å². The van der Waals surface area contributed by atoms with Crippen molar-refractivity contribution in [2.45, 2.75) is 58.2 Å². The number of hydrogen-bond donors (Lipinski definition) is 1. The van der Waals surface area contributed by atoms with Gasteiger partial charge in [0.05, 0.1) is 0 Å². The van der Waals surface area contributed by atoms with E-state index in [0.29, 0.717) is 0 Å². The van der Waals surface area contributed by atoms with Crippen molar-refractivity contribution < 1.29 is 0 Å². The molecule has 1 unspecified atom stereocenters. The lowest BCUT2D eigenvalue weighted by molar-refractivity contribution is 0.260. The fourth-order valence-corrected chi connectivity index (χ4v) is 4.08. The van der Waals surface area contributed by atoms with E-state index in [0.717, 1.165) is 12.6 Å². The van der Waals surface area contributed by atoms with Crippen molar-refractivity contribution in [2.75, 3.05) is 31.1 Å². The molecule has 1 aromatic heterocycles. The molecular weight excluding hydrogens is 280 g/mol. The zero-order chi connectivity index (χ0) is 14.9. The van der Waals surface area contributed by atoms with Gasteiger partial charge in [0.2, 0.25) is 0 Å². The molecule has 2 saturated heterocycles. The van der Waals surface area contributed by atoms with Gasteiger partial charge in [-0.25, -0.2) is 4.98 Å². The molecule has 1 N–H and O–H groups in total. The SMILES string of the molecule is CC(C)(C)NCc1cnc(N2CCC(N3CCCC3)C2)s1. The molecule has 2 aliphatic heterocycles. The van der Waals surface area contributed by atoms with E-state index in [1.165, 1.54) is 55.5 Å². The highest BCUT2D eigenvalue weighted by Gasteiger charge is 2.30. The molecule has 1 atom stereocenters. The number of hydrogen-bond acceptors (Lipinski definition) is 5. The first-order valence-corrected chi connectivity index (χ1v) is 9.02. The van der Waals surface area contributed by atoms with Crippen LogP contribution in [0.5, 0.6) is 0 Å². The second kappa shape index (κ2) is 6.23. The third-order valence-corrected chi connectivity index (χ3v) is 5.48. The number of thiazole rings is 1. The quantitative estimate of drug-likeness (QED) is 0.927. The summed E-state index contributed by atoms with van der Waals surface area (Å²) in [7, 11) is 0. The molecule has 0 aromatic carbocycles. The zero-order valence-electron chi connectivity index (χ0n) is 13.6. The molecule has 21 heavy (non-hydrogen) atoms. The molecule has 4 nitrogen and oxygen atoms in total. The van der Waals surface area contributed by atoms with Crippen LogP contribution in [0.1, 0.15) is 44.9 Å². The van der Waals surface area contributed by atoms with Gasteiger partial charge in [0.15, 0.2) is 5.13 Å². The highest BCUT2D eigenvalue weighted by Crippen LogP contribution is 2.28. The highest BCUT2D eigenvalue weighted by molar-refractivity contribution is 7.15. The van der Waals surface area contributed by atoms with Gasteiger partial charge >= 0.3 is 0 Å². The van der Waals surface area contributed by atoms with Crippen LogP contribution in [0.2, 0.25) is 0 Å². The van der Waals surface area contributed by atoms with Crippen molar-refractivity contribution >= 4 is 16.5 Å². The Bertz CT molecular complexity index is 459. The first kappa shape index (κ1) is 15.3. The Morgan fingerprint density at radius 3 is 2.76 bits per heavy atom. The molecule has 0 amide bonds. The van der Waals surface area contributed by atoms with Gasteiger partial charge in [-0.3, -0.25) is 4.90 Å². The Balaban J connectivity index is 1.54. The lowest BCUT2D eigenvalue weighted by atomic mass is 10.1. The zero-order valence-corrected chi connectivity index (χ0v) is 14.4. The average Bonchev–Trinajstić information content (AvgIpc) is 3.15. The van der Waals surface area contributed by atoms with Gasteiger partial charge in [0.25, 0.3) is 0 Å². The predicted octanol–water partition coefficient (Wildman–Crippen LogP) is 2.71. The molecule has 0 saturated carbocycles. The van der Waals surface area contributed by atoms with Crippen molar-refractivity contribution in [1.82, 2.24) is 15.2 Å². The third-order valence-electron chi connectivity index (χ3n) is 4.43. The first-order valence-electron chi connectivity index (χ1n) is 8.20. The van der Waals surface area contributed by atoms with Gasteiger partial charge in [-0.1, -0.05) is 0 Å². The van der Waals surface area contributed by atoms with E-state index in [2.05, 4.69) is 40.9 Å². The van der Waals surface area contributed by atoms with Gasteiger partial charge in [0.1, 0.15) is 0 Å². The van der Waals surface area contributed by atoms with Crippen LogP contribution in [-0.4, -0.2) is 47.6 Å². The van der Waals surface area contributed by atoms with Crippen LogP contribution in [0, 0.1) is 0 Å². The summed E-state index contributed by atoms with van der Waals surface area (Å²) in [4.78, 5) is 11.1. The van der Waals surface area contributed by atoms with Crippen molar-refractivity contribution in [3.8, 4) is 0 Å². The Morgan fingerprint density at radius 2 is 2.05 bits per heavy atom. The molecule has 2 aliphatic rings. The van der Waals surface area contributed by atoms with Gasteiger partial charge in [-0.2, -0.15) is 0 Å². The topological polar surface area (TPSA) is 31.4 Å². The maximum absolute atomic E-state index is 4.65. The fourth-order valence-electron chi connectivity index (χ4n) is 3.20. The summed E-state index contributed by atoms with van der Waals surface area (Å²) in [5.74, 6) is 0. The highest BCUT2D eigenvalue weighted by atomic mass is 32.1. The third kappa shape index (κ3) is 3.96. The van der Waals surface area contributed by atoms with Crippen molar-refractivity contribution in [1.29, 1.82) is 0 Å². The maximum atomic E-state index is 4.65. The van der Waals surface area contributed by atoms with E-state index < -0.39 is 0 Å². The lowest BCUT2D eigenvalue weighted by Gasteiger charge is -2.23. The van der Waals surface area contributed by atoms with Crippen LogP contribution in [0.3, 0.4) is 0 Å². The summed E-state index contributed by atoms with van der Waals surface area (Å²) in [5, 5.41) is 4.75. The van der Waals surface area contributed by atoms with E-state index in [1.54, 1.807) is 0 Å². The molecular formula is C16H28N4S. The summed E-state index contributed by atoms with van der Waals surface area (Å²) >= 11 is 1.85. The van der Waals surface area contributed by atoms with Crippen molar-refractivity contribution in [2.24, 2.45) is 0 Å². The average molecular weight is 308 g/mol. The molecule has 3 rings (SSSR count). The Hall–Kier alpha value is -0.650. The monoisotopic (exact) mass is 308 g/mol. The summed E-state index contributed by atoms with van der Waals surface area (Å²) < 4.78 is 0. The number of rotatable bonds is 4. The van der Waals surface area contributed by atoms with Crippen LogP contribution in [0.15, 0.2) is 6.20 Å². The van der Waals surface area contributed by atoms with Crippen LogP contribution in [0.25, 0.3) is 0 Å². The van der Waals surface area contributed by atoms with Gasteiger partial charge in [-0.05, 0) is 53.1 Å². The molecule has 0 radical (unpaired) electrons. The second-order valence-electron chi connectivity index (χ2n) is 7.34. The summed E-state index contributed by atoms with van der Waals surface area (Å²) in [5.41, 5.74) is 0.165. The van der Waals surface area contributed by atoms with Crippen LogP contribution in [0.4, 0.5) is 5.13 Å². The second-order valence-corrected chi connectivity index (χ2v) is 8.44. The van der Waals surface area contributed by atoms with Crippen LogP contribution < -0.4 is 10.2 Å². The minimum absolute atomic E-state index is 0.165. The molecule has 0 aliphatic carbocycles. The summed E-state index contributed by atoms with van der Waals surface area (Å²) in [6, 6.07) is 0.757. The van der Waals surface area contributed by atoms with Crippen molar-refractivity contribution in [3.05, 3.63) is 11.1 Å². The Morgan fingerprint density at radius 1 is 1.29 bits per heavy atom. The molecule has 1 aromatic rings. The molecule has 0 bridgehead atoms. The molecule has 118 valence electrons. The standard InChI is InChI=1S/C16H28N4S/c1-16(2,3)18-11-14-10-17-15(21-14)20-9-6-13(12-20)19-7-4-5-8-19/h10,13,18H,4-9,11-12H2,1-3H3. The summed E-state index contributed by atoms with van der Waals surface area (Å²) in [6.45, 7) is 12.5. The molecule has 0 spiro atoms. The molecule has 5 heteroatoms. The fraction of sp³-hybridized carbons (Fsp3) is 0.812. The van der Waals surface area contributed by atoms with Gasteiger partial charge < -0.3 is 10.2 Å². The normalized spacial score (nSPS) is 24.1. The number of likely N-dealkylation sites (tertiary alicyclic amines) is 1. The first-order chi connectivity index (χ1) is 10.0. The van der Waals surface area contributed by atoms with E-state index in [1.807, 2.05) is 17.5 Å². The van der Waals surface area contributed by atoms with E-state index in [4.69, 9.17) is 0 Å². The van der Waals surface area contributed by atoms with E-state index in [9.17, 15) is 0 Å². The number of nitrogens with one attached hydrogen (secondary N) is 1. The molecule has 2 fully saturated rings. The Kier molecular flexibility index (Phi) is 4.52. The molecule has 3 heterocycles. The smallest absolute Gasteiger partial charge is 0.185 e. The lowest BCUT2D eigenvalue weighted by Crippen LogP contribution is -2.35. The minimum Gasteiger partial charge on any atom is -0.346 e. The Labute approximate surface area is 132 Å². The summed E-state index contributed by atoms with van der Waals surface area (Å²) in [6.07, 6.45) is 6.11. The largest absolute Gasteiger partial charge is 0.346 e. The van der Waals surface area contributed by atoms with Crippen LogP contribution in [-0.2, 0) is 6.54 Å².